The minimum Gasteiger partial charge on any atom is -0.453 e. The van der Waals surface area contributed by atoms with E-state index in [1.165, 1.54) is 19.4 Å². The van der Waals surface area contributed by atoms with E-state index in [9.17, 15) is 14.0 Å². The van der Waals surface area contributed by atoms with Crippen LogP contribution in [0.3, 0.4) is 0 Å². The van der Waals surface area contributed by atoms with E-state index < -0.39 is 6.09 Å². The van der Waals surface area contributed by atoms with Crippen molar-refractivity contribution in [3.05, 3.63) is 53.1 Å². The average Bonchev–Trinajstić information content (AvgIpc) is 3.11. The van der Waals surface area contributed by atoms with Crippen LogP contribution < -0.4 is 16.0 Å². The topological polar surface area (TPSA) is 121 Å². The number of hydrogen-bond donors (Lipinski definition) is 4. The second kappa shape index (κ2) is 7.82. The Morgan fingerprint density at radius 1 is 1.30 bits per heavy atom. The Morgan fingerprint density at radius 2 is 2.13 bits per heavy atom. The van der Waals surface area contributed by atoms with Gasteiger partial charge in [-0.05, 0) is 25.1 Å². The fourth-order valence-corrected chi connectivity index (χ4v) is 3.27. The molecule has 0 saturated carbocycles. The van der Waals surface area contributed by atoms with Gasteiger partial charge in [-0.3, -0.25) is 10.1 Å². The normalized spacial score (nSPS) is 12.7. The Morgan fingerprint density at radius 3 is 2.93 bits per heavy atom. The van der Waals surface area contributed by atoms with E-state index in [4.69, 9.17) is 0 Å². The maximum absolute atomic E-state index is 14.1. The maximum Gasteiger partial charge on any atom is 0.413 e. The highest BCUT2D eigenvalue weighted by atomic mass is 19.1. The van der Waals surface area contributed by atoms with Gasteiger partial charge in [0, 0.05) is 36.1 Å². The first kappa shape index (κ1) is 19.4. The first-order valence-electron chi connectivity index (χ1n) is 9.21. The fraction of sp³-hybridized carbons (Fsp3) is 0.200. The van der Waals surface area contributed by atoms with Crippen LogP contribution in [0, 0.1) is 12.7 Å². The monoisotopic (exact) mass is 410 g/mol. The van der Waals surface area contributed by atoms with Crippen molar-refractivity contribution < 1.29 is 18.7 Å². The van der Waals surface area contributed by atoms with Gasteiger partial charge in [-0.25, -0.2) is 19.2 Å². The molecule has 1 aromatic carbocycles. The summed E-state index contributed by atoms with van der Waals surface area (Å²) in [4.78, 5) is 35.7. The second-order valence-corrected chi connectivity index (χ2v) is 6.65. The first-order chi connectivity index (χ1) is 14.5. The van der Waals surface area contributed by atoms with Gasteiger partial charge in [0.2, 0.25) is 5.95 Å². The van der Waals surface area contributed by atoms with Gasteiger partial charge in [-0.2, -0.15) is 0 Å². The van der Waals surface area contributed by atoms with Crippen molar-refractivity contribution in [2.45, 2.75) is 13.3 Å². The smallest absolute Gasteiger partial charge is 0.413 e. The number of methoxy groups -OCH3 is 1. The number of nitrogens with zero attached hydrogens (tertiary/aromatic N) is 2. The predicted molar refractivity (Wildman–Crippen MR) is 108 cm³/mol. The third kappa shape index (κ3) is 3.54. The van der Waals surface area contributed by atoms with E-state index in [2.05, 4.69) is 35.6 Å². The van der Waals surface area contributed by atoms with Gasteiger partial charge in [-0.15, -0.1) is 0 Å². The molecule has 0 atom stereocenters. The zero-order valence-corrected chi connectivity index (χ0v) is 16.3. The second-order valence-electron chi connectivity index (χ2n) is 6.65. The number of halogens is 1. The molecule has 1 aliphatic rings. The number of ether oxygens (including phenoxy) is 1. The van der Waals surface area contributed by atoms with Gasteiger partial charge in [0.05, 0.1) is 29.7 Å². The summed E-state index contributed by atoms with van der Waals surface area (Å²) >= 11 is 0. The SMILES string of the molecule is COC(=O)Nc1nccc(-c2[nH]c3c(c2Nc2cccc(F)c2C)C(=O)NCC3)n1. The number of rotatable bonds is 4. The van der Waals surface area contributed by atoms with Gasteiger partial charge >= 0.3 is 6.09 Å². The van der Waals surface area contributed by atoms with Gasteiger partial charge < -0.3 is 20.4 Å². The standard InChI is InChI=1S/C20H19FN6O3/c1-10-11(21)4-3-5-12(10)24-17-15-13(6-8-22-18(15)28)25-16(17)14-7-9-23-19(26-14)27-20(29)30-2/h3-5,7,9,24-25H,6,8H2,1-2H3,(H,22,28)(H,23,26,27,29). The van der Waals surface area contributed by atoms with Crippen molar-refractivity contribution in [3.8, 4) is 11.4 Å². The number of nitrogens with one attached hydrogen (secondary N) is 4. The number of aromatic nitrogens is 3. The van der Waals surface area contributed by atoms with Crippen LogP contribution >= 0.6 is 0 Å². The molecule has 10 heteroatoms. The van der Waals surface area contributed by atoms with Crippen molar-refractivity contribution in [1.29, 1.82) is 0 Å². The van der Waals surface area contributed by atoms with Crippen LogP contribution in [0.5, 0.6) is 0 Å². The molecule has 30 heavy (non-hydrogen) atoms. The maximum atomic E-state index is 14.1. The number of hydrogen-bond acceptors (Lipinski definition) is 6. The molecule has 0 saturated heterocycles. The molecule has 0 radical (unpaired) electrons. The number of carbonyl (C=O) groups is 2. The molecule has 9 nitrogen and oxygen atoms in total. The summed E-state index contributed by atoms with van der Waals surface area (Å²) in [5.41, 5.74) is 3.57. The summed E-state index contributed by atoms with van der Waals surface area (Å²) < 4.78 is 18.6. The Labute approximate surface area is 171 Å². The highest BCUT2D eigenvalue weighted by Crippen LogP contribution is 2.37. The van der Waals surface area contributed by atoms with Crippen LogP contribution in [0.1, 0.15) is 21.6 Å². The minimum atomic E-state index is -0.703. The van der Waals surface area contributed by atoms with Crippen molar-refractivity contribution in [3.63, 3.8) is 0 Å². The minimum absolute atomic E-state index is 0.0456. The molecule has 1 aliphatic heterocycles. The molecule has 2 amide bonds. The molecule has 0 spiro atoms. The third-order valence-electron chi connectivity index (χ3n) is 4.80. The highest BCUT2D eigenvalue weighted by Gasteiger charge is 2.28. The zero-order valence-electron chi connectivity index (χ0n) is 16.3. The molecule has 0 bridgehead atoms. The number of fused-ring (bicyclic) bond motifs is 1. The third-order valence-corrected chi connectivity index (χ3v) is 4.80. The van der Waals surface area contributed by atoms with Crippen molar-refractivity contribution >= 4 is 29.3 Å². The van der Waals surface area contributed by atoms with Crippen molar-refractivity contribution in [2.24, 2.45) is 0 Å². The number of anilines is 3. The number of carbonyl (C=O) groups excluding carboxylic acids is 2. The lowest BCUT2D eigenvalue weighted by Crippen LogP contribution is -2.31. The van der Waals surface area contributed by atoms with Crippen molar-refractivity contribution in [2.75, 3.05) is 24.3 Å². The average molecular weight is 410 g/mol. The molecule has 3 heterocycles. The van der Waals surface area contributed by atoms with E-state index in [0.717, 1.165) is 5.69 Å². The molecular weight excluding hydrogens is 391 g/mol. The van der Waals surface area contributed by atoms with Crippen molar-refractivity contribution in [1.82, 2.24) is 20.3 Å². The summed E-state index contributed by atoms with van der Waals surface area (Å²) in [5, 5.41) is 8.42. The zero-order chi connectivity index (χ0) is 21.3. The number of benzene rings is 1. The summed E-state index contributed by atoms with van der Waals surface area (Å²) in [5.74, 6) is -0.552. The molecular formula is C20H19FN6O3. The number of amides is 2. The van der Waals surface area contributed by atoms with E-state index in [1.807, 2.05) is 0 Å². The van der Waals surface area contributed by atoms with E-state index in [1.54, 1.807) is 25.1 Å². The van der Waals surface area contributed by atoms with Gasteiger partial charge in [-0.1, -0.05) is 6.07 Å². The Bertz CT molecular complexity index is 1140. The lowest BCUT2D eigenvalue weighted by molar-refractivity contribution is 0.0946. The summed E-state index contributed by atoms with van der Waals surface area (Å²) in [6.45, 7) is 2.16. The van der Waals surface area contributed by atoms with Crippen LogP contribution in [0.4, 0.5) is 26.5 Å². The predicted octanol–water partition coefficient (Wildman–Crippen LogP) is 3.13. The molecule has 0 fully saturated rings. The molecule has 3 aromatic rings. The Kier molecular flexibility index (Phi) is 5.05. The summed E-state index contributed by atoms with van der Waals surface area (Å²) in [7, 11) is 1.24. The first-order valence-corrected chi connectivity index (χ1v) is 9.21. The van der Waals surface area contributed by atoms with Crippen LogP contribution in [-0.4, -0.2) is 40.6 Å². The van der Waals surface area contributed by atoms with Crippen LogP contribution in [-0.2, 0) is 11.2 Å². The largest absolute Gasteiger partial charge is 0.453 e. The van der Waals surface area contributed by atoms with E-state index >= 15 is 0 Å². The Balaban J connectivity index is 1.82. The van der Waals surface area contributed by atoms with Gasteiger partial charge in [0.1, 0.15) is 5.82 Å². The summed E-state index contributed by atoms with van der Waals surface area (Å²) in [6, 6.07) is 6.33. The number of H-pyrrole nitrogens is 1. The van der Waals surface area contributed by atoms with Crippen LogP contribution in [0.2, 0.25) is 0 Å². The molecule has 0 aliphatic carbocycles. The van der Waals surface area contributed by atoms with Crippen LogP contribution in [0.15, 0.2) is 30.5 Å². The van der Waals surface area contributed by atoms with E-state index in [-0.39, 0.29) is 17.7 Å². The van der Waals surface area contributed by atoms with Gasteiger partial charge in [0.25, 0.3) is 5.91 Å². The highest BCUT2D eigenvalue weighted by molar-refractivity contribution is 6.06. The number of aromatic amines is 1. The summed E-state index contributed by atoms with van der Waals surface area (Å²) in [6.07, 6.45) is 1.38. The lowest BCUT2D eigenvalue weighted by Gasteiger charge is -2.16. The van der Waals surface area contributed by atoms with Crippen LogP contribution in [0.25, 0.3) is 11.4 Å². The molecule has 154 valence electrons. The fourth-order valence-electron chi connectivity index (χ4n) is 3.27. The lowest BCUT2D eigenvalue weighted by atomic mass is 10.1. The van der Waals surface area contributed by atoms with Gasteiger partial charge in [0.15, 0.2) is 0 Å². The Hall–Kier alpha value is -3.95. The molecule has 0 unspecified atom stereocenters. The molecule has 4 rings (SSSR count). The van der Waals surface area contributed by atoms with E-state index in [0.29, 0.717) is 46.9 Å². The molecule has 2 aromatic heterocycles. The quantitative estimate of drug-likeness (QED) is 0.524. The molecule has 4 N–H and O–H groups in total.